The second-order valence-electron chi connectivity index (χ2n) is 10.4. The fraction of sp³-hybridized carbons (Fsp3) is 0.533. The van der Waals surface area contributed by atoms with Crippen molar-refractivity contribution in [2.45, 2.75) is 76.1 Å². The van der Waals surface area contributed by atoms with E-state index in [0.29, 0.717) is 37.6 Å². The van der Waals surface area contributed by atoms with Crippen molar-refractivity contribution in [3.05, 3.63) is 65.2 Å². The molecule has 0 aliphatic carbocycles. The number of carbonyl (C=O) groups excluding carboxylic acids is 1. The molecule has 4 atom stereocenters. The molecule has 0 saturated carbocycles. The molecule has 9 nitrogen and oxygen atoms in total. The van der Waals surface area contributed by atoms with Crippen LogP contribution in [0.1, 0.15) is 74.0 Å². The molecule has 0 bridgehead atoms. The number of rotatable bonds is 13. The van der Waals surface area contributed by atoms with E-state index in [1.54, 1.807) is 7.11 Å². The van der Waals surface area contributed by atoms with Gasteiger partial charge in [0.1, 0.15) is 0 Å². The number of ether oxygens (including phenoxy) is 3. The zero-order valence-electron chi connectivity index (χ0n) is 22.6. The molecule has 0 spiro atoms. The molecular formula is C30H40N2O7. The molecule has 2 fully saturated rings. The molecule has 2 aliphatic rings. The summed E-state index contributed by atoms with van der Waals surface area (Å²) in [5, 5.41) is 21.1. The Balaban J connectivity index is 1.46. The summed E-state index contributed by atoms with van der Waals surface area (Å²) < 4.78 is 18.4. The van der Waals surface area contributed by atoms with Crippen molar-refractivity contribution >= 4 is 17.6 Å². The maximum Gasteiger partial charge on any atom is 0.303 e. The van der Waals surface area contributed by atoms with Crippen LogP contribution in [0, 0.1) is 0 Å². The van der Waals surface area contributed by atoms with E-state index in [1.807, 2.05) is 48.5 Å². The monoisotopic (exact) mass is 540 g/mol. The maximum atomic E-state index is 12.4. The van der Waals surface area contributed by atoms with Crippen molar-refractivity contribution in [3.8, 4) is 0 Å². The highest BCUT2D eigenvalue weighted by Gasteiger charge is 2.35. The molecule has 2 aliphatic heterocycles. The van der Waals surface area contributed by atoms with Gasteiger partial charge in [0, 0.05) is 50.2 Å². The summed E-state index contributed by atoms with van der Waals surface area (Å²) in [5.74, 6) is -1.00. The van der Waals surface area contributed by atoms with Gasteiger partial charge in [-0.25, -0.2) is 0 Å². The number of carboxylic acid groups (broad SMARTS) is 1. The number of benzene rings is 2. The van der Waals surface area contributed by atoms with Crippen molar-refractivity contribution in [2.24, 2.45) is 0 Å². The quantitative estimate of drug-likeness (QED) is 0.320. The second-order valence-corrected chi connectivity index (χ2v) is 10.4. The number of amides is 1. The van der Waals surface area contributed by atoms with E-state index in [0.717, 1.165) is 42.6 Å². The lowest BCUT2D eigenvalue weighted by molar-refractivity contribution is -0.253. The number of aliphatic hydroxyl groups excluding tert-OH is 1. The normalized spacial score (nSPS) is 23.5. The van der Waals surface area contributed by atoms with Crippen LogP contribution in [-0.4, -0.2) is 65.9 Å². The molecule has 2 saturated heterocycles. The number of nitrogens with one attached hydrogen (secondary N) is 1. The van der Waals surface area contributed by atoms with Crippen LogP contribution in [0.3, 0.4) is 0 Å². The van der Waals surface area contributed by atoms with Gasteiger partial charge in [-0.15, -0.1) is 0 Å². The first-order chi connectivity index (χ1) is 18.9. The molecule has 3 N–H and O–H groups in total. The Morgan fingerprint density at radius 2 is 1.87 bits per heavy atom. The number of aliphatic carboxylic acids is 1. The molecular weight excluding hydrogens is 500 g/mol. The van der Waals surface area contributed by atoms with Crippen LogP contribution < -0.4 is 5.32 Å². The van der Waals surface area contributed by atoms with Gasteiger partial charge in [-0.05, 0) is 55.5 Å². The molecule has 0 aromatic heterocycles. The highest BCUT2D eigenvalue weighted by Crippen LogP contribution is 2.39. The van der Waals surface area contributed by atoms with Gasteiger partial charge in [0.15, 0.2) is 6.29 Å². The molecule has 9 heteroatoms. The van der Waals surface area contributed by atoms with Crippen LogP contribution >= 0.6 is 0 Å². The fourth-order valence-electron chi connectivity index (χ4n) is 5.36. The standard InChI is InChI=1S/C30H40N2O7/c1-37-20-25-8-5-15-32(25)18-26-17-27(22-13-11-21(19-33)12-14-22)39-30(38-26)23-6-4-7-24(16-23)31-28(34)9-2-3-10-29(35)36/h4,6-7,11-14,16,25-27,30,33H,2-3,5,8-10,15,17-20H2,1H3,(H,31,34)(H,35,36). The molecule has 1 amide bonds. The van der Waals surface area contributed by atoms with Crippen LogP contribution in [-0.2, 0) is 30.4 Å². The first-order valence-electron chi connectivity index (χ1n) is 13.8. The number of hydrogen-bond donors (Lipinski definition) is 3. The summed E-state index contributed by atoms with van der Waals surface area (Å²) in [6, 6.07) is 15.7. The number of methoxy groups -OCH3 is 1. The zero-order chi connectivity index (χ0) is 27.6. The van der Waals surface area contributed by atoms with Crippen LogP contribution in [0.25, 0.3) is 0 Å². The van der Waals surface area contributed by atoms with Crippen molar-refractivity contribution in [3.63, 3.8) is 0 Å². The smallest absolute Gasteiger partial charge is 0.303 e. The van der Waals surface area contributed by atoms with Gasteiger partial charge in [0.2, 0.25) is 5.91 Å². The first-order valence-corrected chi connectivity index (χ1v) is 13.8. The van der Waals surface area contributed by atoms with Gasteiger partial charge in [-0.2, -0.15) is 0 Å². The summed E-state index contributed by atoms with van der Waals surface area (Å²) in [7, 11) is 1.74. The van der Waals surface area contributed by atoms with Crippen molar-refractivity contribution < 1.29 is 34.0 Å². The minimum absolute atomic E-state index is 0.00587. The zero-order valence-corrected chi connectivity index (χ0v) is 22.6. The van der Waals surface area contributed by atoms with E-state index in [-0.39, 0.29) is 37.6 Å². The van der Waals surface area contributed by atoms with Gasteiger partial charge in [-0.1, -0.05) is 36.4 Å². The predicted molar refractivity (Wildman–Crippen MR) is 146 cm³/mol. The highest BCUT2D eigenvalue weighted by atomic mass is 16.7. The van der Waals surface area contributed by atoms with Crippen LogP contribution in [0.5, 0.6) is 0 Å². The van der Waals surface area contributed by atoms with Crippen molar-refractivity contribution in [1.29, 1.82) is 0 Å². The summed E-state index contributed by atoms with van der Waals surface area (Å²) >= 11 is 0. The van der Waals surface area contributed by atoms with E-state index >= 15 is 0 Å². The van der Waals surface area contributed by atoms with Crippen LogP contribution in [0.15, 0.2) is 48.5 Å². The number of carboxylic acids is 1. The molecule has 2 aromatic carbocycles. The molecule has 4 rings (SSSR count). The van der Waals surface area contributed by atoms with E-state index < -0.39 is 12.3 Å². The second kappa shape index (κ2) is 14.5. The molecule has 39 heavy (non-hydrogen) atoms. The fourth-order valence-corrected chi connectivity index (χ4v) is 5.36. The Kier molecular flexibility index (Phi) is 10.9. The Morgan fingerprint density at radius 1 is 1.08 bits per heavy atom. The maximum absolute atomic E-state index is 12.4. The van der Waals surface area contributed by atoms with Gasteiger partial charge < -0.3 is 29.7 Å². The Labute approximate surface area is 230 Å². The average molecular weight is 541 g/mol. The molecule has 4 unspecified atom stereocenters. The van der Waals surface area contributed by atoms with E-state index in [2.05, 4.69) is 10.2 Å². The number of aliphatic hydroxyl groups is 1. The first kappa shape index (κ1) is 29.2. The number of carbonyl (C=O) groups is 2. The largest absolute Gasteiger partial charge is 0.481 e. The third-order valence-corrected chi connectivity index (χ3v) is 7.40. The number of unbranched alkanes of at least 4 members (excludes halogenated alkanes) is 1. The van der Waals surface area contributed by atoms with E-state index in [9.17, 15) is 14.7 Å². The van der Waals surface area contributed by atoms with E-state index in [1.165, 1.54) is 0 Å². The van der Waals surface area contributed by atoms with E-state index in [4.69, 9.17) is 19.3 Å². The predicted octanol–water partition coefficient (Wildman–Crippen LogP) is 4.42. The van der Waals surface area contributed by atoms with Gasteiger partial charge >= 0.3 is 5.97 Å². The summed E-state index contributed by atoms with van der Waals surface area (Å²) in [5.41, 5.74) is 3.35. The molecule has 212 valence electrons. The van der Waals surface area contributed by atoms with Crippen LogP contribution in [0.4, 0.5) is 5.69 Å². The molecule has 2 aromatic rings. The third kappa shape index (κ3) is 8.58. The van der Waals surface area contributed by atoms with Crippen LogP contribution in [0.2, 0.25) is 0 Å². The summed E-state index contributed by atoms with van der Waals surface area (Å²) in [6.45, 7) is 2.50. The lowest BCUT2D eigenvalue weighted by atomic mass is 9.99. The summed E-state index contributed by atoms with van der Waals surface area (Å²) in [4.78, 5) is 25.5. The van der Waals surface area contributed by atoms with Crippen molar-refractivity contribution in [1.82, 2.24) is 4.90 Å². The third-order valence-electron chi connectivity index (χ3n) is 7.40. The lowest BCUT2D eigenvalue weighted by Crippen LogP contribution is -2.42. The Hall–Kier alpha value is -2.82. The number of nitrogens with zero attached hydrogens (tertiary/aromatic N) is 1. The molecule has 0 radical (unpaired) electrons. The Bertz CT molecular complexity index is 1080. The topological polar surface area (TPSA) is 118 Å². The van der Waals surface area contributed by atoms with Gasteiger partial charge in [0.05, 0.1) is 25.4 Å². The SMILES string of the molecule is COCC1CCCN1CC1CC(c2ccc(CO)cc2)OC(c2cccc(NC(=O)CCCCC(=O)O)c2)O1. The number of anilines is 1. The number of likely N-dealkylation sites (tertiary alicyclic amines) is 1. The minimum Gasteiger partial charge on any atom is -0.481 e. The van der Waals surface area contributed by atoms with Gasteiger partial charge in [0.25, 0.3) is 0 Å². The molecule has 2 heterocycles. The minimum atomic E-state index is -0.851. The lowest BCUT2D eigenvalue weighted by Gasteiger charge is -2.39. The highest BCUT2D eigenvalue weighted by molar-refractivity contribution is 5.90. The van der Waals surface area contributed by atoms with Gasteiger partial charge in [-0.3, -0.25) is 14.5 Å². The summed E-state index contributed by atoms with van der Waals surface area (Å²) in [6.07, 6.45) is 3.43. The number of hydrogen-bond acceptors (Lipinski definition) is 7. The average Bonchev–Trinajstić information content (AvgIpc) is 3.37. The Morgan fingerprint density at radius 3 is 2.62 bits per heavy atom. The van der Waals surface area contributed by atoms with Crippen molar-refractivity contribution in [2.75, 3.05) is 32.1 Å².